The Morgan fingerprint density at radius 1 is 1.69 bits per heavy atom. The summed E-state index contributed by atoms with van der Waals surface area (Å²) >= 11 is 3.23. The second kappa shape index (κ2) is 6.06. The average Bonchev–Trinajstić information content (AvgIpc) is 2.26. The normalized spacial score (nSPS) is 11.0. The first kappa shape index (κ1) is 12.4. The molecule has 0 unspecified atom stereocenters. The van der Waals surface area contributed by atoms with Gasteiger partial charge in [-0.15, -0.1) is 0 Å². The van der Waals surface area contributed by atoms with Crippen LogP contribution < -0.4 is 10.6 Å². The second-order valence-corrected chi connectivity index (χ2v) is 3.73. The van der Waals surface area contributed by atoms with Crippen molar-refractivity contribution in [3.05, 3.63) is 50.6 Å². The van der Waals surface area contributed by atoms with Crippen LogP contribution in [-0.4, -0.2) is 17.0 Å². The molecule has 0 atom stereocenters. The maximum atomic E-state index is 10.3. The van der Waals surface area contributed by atoms with Gasteiger partial charge in [-0.2, -0.15) is 0 Å². The van der Waals surface area contributed by atoms with E-state index in [0.717, 1.165) is 16.4 Å². The number of halogens is 1. The minimum atomic E-state index is -0.515. The lowest BCUT2D eigenvalue weighted by atomic mass is 10.3. The van der Waals surface area contributed by atoms with E-state index in [9.17, 15) is 10.1 Å². The Kier molecular flexibility index (Phi) is 4.71. The molecule has 1 rings (SSSR count). The fourth-order valence-corrected chi connectivity index (χ4v) is 1.25. The number of hydrogen-bond donors (Lipinski definition) is 2. The molecule has 0 aliphatic carbocycles. The van der Waals surface area contributed by atoms with Crippen LogP contribution in [0.25, 0.3) is 0 Å². The lowest BCUT2D eigenvalue weighted by molar-refractivity contribution is -0.404. The maximum absolute atomic E-state index is 10.3. The highest BCUT2D eigenvalue weighted by atomic mass is 79.9. The van der Waals surface area contributed by atoms with Gasteiger partial charge in [-0.25, -0.2) is 4.98 Å². The molecule has 1 aromatic heterocycles. The summed E-state index contributed by atoms with van der Waals surface area (Å²) in [5.74, 6) is 0.355. The van der Waals surface area contributed by atoms with Crippen molar-refractivity contribution in [3.63, 3.8) is 0 Å². The molecule has 0 bridgehead atoms. The quantitative estimate of drug-likeness (QED) is 0.483. The summed E-state index contributed by atoms with van der Waals surface area (Å²) in [7, 11) is 1.61. The van der Waals surface area contributed by atoms with Crippen LogP contribution in [0.1, 0.15) is 5.56 Å². The van der Waals surface area contributed by atoms with Crippen molar-refractivity contribution in [1.82, 2.24) is 15.6 Å². The highest BCUT2D eigenvalue weighted by molar-refractivity contribution is 9.10. The van der Waals surface area contributed by atoms with E-state index in [1.807, 2.05) is 12.1 Å². The molecule has 0 aliphatic heterocycles. The van der Waals surface area contributed by atoms with Crippen LogP contribution in [0, 0.1) is 10.1 Å². The van der Waals surface area contributed by atoms with Crippen LogP contribution in [0.5, 0.6) is 0 Å². The molecule has 0 saturated carbocycles. The molecule has 0 aliphatic rings. The predicted molar refractivity (Wildman–Crippen MR) is 62.9 cm³/mol. The van der Waals surface area contributed by atoms with Crippen molar-refractivity contribution >= 4 is 15.9 Å². The van der Waals surface area contributed by atoms with Crippen LogP contribution >= 0.6 is 15.9 Å². The molecule has 7 heteroatoms. The summed E-state index contributed by atoms with van der Waals surface area (Å²) in [6.45, 7) is 0.473. The number of nitrogens with one attached hydrogen (secondary N) is 2. The van der Waals surface area contributed by atoms with Crippen LogP contribution in [0.15, 0.2) is 35.0 Å². The molecular weight excluding hydrogens is 276 g/mol. The van der Waals surface area contributed by atoms with Crippen molar-refractivity contribution in [2.24, 2.45) is 0 Å². The van der Waals surface area contributed by atoms with Crippen molar-refractivity contribution in [1.29, 1.82) is 0 Å². The Labute approximate surface area is 101 Å². The average molecular weight is 287 g/mol. The van der Waals surface area contributed by atoms with Gasteiger partial charge in [0.15, 0.2) is 5.82 Å². The lowest BCUT2D eigenvalue weighted by Gasteiger charge is -2.07. The van der Waals surface area contributed by atoms with E-state index in [1.54, 1.807) is 13.2 Å². The van der Waals surface area contributed by atoms with Crippen LogP contribution in [0.2, 0.25) is 0 Å². The van der Waals surface area contributed by atoms with Gasteiger partial charge in [-0.05, 0) is 27.6 Å². The Balaban J connectivity index is 2.56. The highest BCUT2D eigenvalue weighted by Gasteiger charge is 2.00. The van der Waals surface area contributed by atoms with E-state index in [1.165, 1.54) is 0 Å². The summed E-state index contributed by atoms with van der Waals surface area (Å²) in [5, 5.41) is 15.8. The highest BCUT2D eigenvalue weighted by Crippen LogP contribution is 2.06. The molecule has 0 amide bonds. The van der Waals surface area contributed by atoms with Crippen LogP contribution in [0.4, 0.5) is 0 Å². The maximum Gasteiger partial charge on any atom is 0.274 e. The van der Waals surface area contributed by atoms with Gasteiger partial charge >= 0.3 is 0 Å². The van der Waals surface area contributed by atoms with Crippen molar-refractivity contribution in [3.8, 4) is 0 Å². The Bertz CT molecular complexity index is 391. The minimum absolute atomic E-state index is 0.355. The van der Waals surface area contributed by atoms with Gasteiger partial charge in [-0.1, -0.05) is 6.07 Å². The lowest BCUT2D eigenvalue weighted by Crippen LogP contribution is -2.24. The van der Waals surface area contributed by atoms with E-state index in [2.05, 4.69) is 31.5 Å². The van der Waals surface area contributed by atoms with Crippen molar-refractivity contribution < 1.29 is 4.92 Å². The molecule has 86 valence electrons. The third-order valence-corrected chi connectivity index (χ3v) is 2.24. The van der Waals surface area contributed by atoms with Gasteiger partial charge in [0, 0.05) is 19.8 Å². The first-order chi connectivity index (χ1) is 7.61. The third-order valence-electron chi connectivity index (χ3n) is 1.78. The Hall–Kier alpha value is -1.63. The smallest absolute Gasteiger partial charge is 0.274 e. The largest absolute Gasteiger partial charge is 0.370 e. The van der Waals surface area contributed by atoms with E-state index in [4.69, 9.17) is 0 Å². The SMILES string of the molecule is CN/C(=C/[N+](=O)[O-])NCc1ccc(Br)nc1. The molecule has 0 aromatic carbocycles. The van der Waals surface area contributed by atoms with Crippen LogP contribution in [0.3, 0.4) is 0 Å². The van der Waals surface area contributed by atoms with Crippen molar-refractivity contribution in [2.45, 2.75) is 6.54 Å². The Morgan fingerprint density at radius 2 is 2.44 bits per heavy atom. The summed E-state index contributed by atoms with van der Waals surface area (Å²) in [5.41, 5.74) is 0.938. The fourth-order valence-electron chi connectivity index (χ4n) is 1.01. The molecular formula is C9H11BrN4O2. The van der Waals surface area contributed by atoms with Gasteiger partial charge in [0.2, 0.25) is 0 Å². The van der Waals surface area contributed by atoms with Gasteiger partial charge < -0.3 is 10.6 Å². The summed E-state index contributed by atoms with van der Waals surface area (Å²) in [6, 6.07) is 3.69. The molecule has 16 heavy (non-hydrogen) atoms. The first-order valence-electron chi connectivity index (χ1n) is 4.49. The standard InChI is InChI=1S/C9H11BrN4O2/c1-11-9(6-14(15)16)13-5-7-2-3-8(10)12-4-7/h2-4,6,11,13H,5H2,1H3/b9-6-. The fraction of sp³-hybridized carbons (Fsp3) is 0.222. The molecule has 0 spiro atoms. The number of aromatic nitrogens is 1. The Morgan fingerprint density at radius 3 is 2.94 bits per heavy atom. The summed E-state index contributed by atoms with van der Waals surface area (Å²) in [6.07, 6.45) is 2.57. The molecule has 0 radical (unpaired) electrons. The molecule has 6 nitrogen and oxygen atoms in total. The number of nitro groups is 1. The summed E-state index contributed by atoms with van der Waals surface area (Å²) < 4.78 is 0.755. The van der Waals surface area contributed by atoms with Gasteiger partial charge in [-0.3, -0.25) is 10.1 Å². The number of rotatable bonds is 5. The van der Waals surface area contributed by atoms with Gasteiger partial charge in [0.1, 0.15) is 4.60 Å². The molecule has 2 N–H and O–H groups in total. The van der Waals surface area contributed by atoms with Gasteiger partial charge in [0.05, 0.1) is 4.92 Å². The number of hydrogen-bond acceptors (Lipinski definition) is 5. The topological polar surface area (TPSA) is 80.1 Å². The molecule has 0 fully saturated rings. The van der Waals surface area contributed by atoms with E-state index in [0.29, 0.717) is 12.4 Å². The molecule has 0 saturated heterocycles. The summed E-state index contributed by atoms with van der Waals surface area (Å²) in [4.78, 5) is 13.8. The van der Waals surface area contributed by atoms with Crippen molar-refractivity contribution in [2.75, 3.05) is 7.05 Å². The van der Waals surface area contributed by atoms with E-state index >= 15 is 0 Å². The second-order valence-electron chi connectivity index (χ2n) is 2.92. The van der Waals surface area contributed by atoms with Crippen LogP contribution in [-0.2, 0) is 6.54 Å². The number of nitrogens with zero attached hydrogens (tertiary/aromatic N) is 2. The zero-order chi connectivity index (χ0) is 12.0. The number of pyridine rings is 1. The predicted octanol–water partition coefficient (Wildman–Crippen LogP) is 1.23. The van der Waals surface area contributed by atoms with E-state index in [-0.39, 0.29) is 0 Å². The molecule has 1 heterocycles. The first-order valence-corrected chi connectivity index (χ1v) is 5.28. The molecule has 1 aromatic rings. The zero-order valence-electron chi connectivity index (χ0n) is 8.61. The monoisotopic (exact) mass is 286 g/mol. The van der Waals surface area contributed by atoms with E-state index < -0.39 is 4.92 Å². The minimum Gasteiger partial charge on any atom is -0.370 e. The third kappa shape index (κ3) is 4.26. The zero-order valence-corrected chi connectivity index (χ0v) is 10.2. The van der Waals surface area contributed by atoms with Gasteiger partial charge in [0.25, 0.3) is 6.20 Å².